The van der Waals surface area contributed by atoms with E-state index in [1.807, 2.05) is 36.4 Å². The topological polar surface area (TPSA) is 67.1 Å². The van der Waals surface area contributed by atoms with Crippen LogP contribution in [0.15, 0.2) is 72.8 Å². The fourth-order valence-electron chi connectivity index (χ4n) is 3.95. The number of nitrogens with zero attached hydrogens (tertiary/aromatic N) is 3. The minimum atomic E-state index is 0.648. The molecule has 0 aliphatic heterocycles. The largest absolute Gasteiger partial charge is 0.369 e. The monoisotopic (exact) mass is 485 g/mol. The summed E-state index contributed by atoms with van der Waals surface area (Å²) in [5, 5.41) is 5.13. The molecule has 0 amide bonds. The minimum absolute atomic E-state index is 0.648. The fourth-order valence-corrected chi connectivity index (χ4v) is 4.11. The van der Waals surface area contributed by atoms with Crippen molar-refractivity contribution in [1.82, 2.24) is 14.9 Å². The van der Waals surface area contributed by atoms with Crippen LogP contribution in [0.4, 0.5) is 5.82 Å². The number of aromatic nitrogens is 2. The summed E-state index contributed by atoms with van der Waals surface area (Å²) in [6, 6.07) is 24.6. The van der Waals surface area contributed by atoms with Crippen molar-refractivity contribution in [3.63, 3.8) is 0 Å². The number of anilines is 1. The predicted molar refractivity (Wildman–Crippen MR) is 150 cm³/mol. The first-order chi connectivity index (χ1) is 17.1. The molecule has 35 heavy (non-hydrogen) atoms. The van der Waals surface area contributed by atoms with Gasteiger partial charge in [0.15, 0.2) is 5.82 Å². The summed E-state index contributed by atoms with van der Waals surface area (Å²) in [5.41, 5.74) is 9.93. The van der Waals surface area contributed by atoms with Crippen LogP contribution in [0.3, 0.4) is 0 Å². The lowest BCUT2D eigenvalue weighted by molar-refractivity contribution is 0.330. The van der Waals surface area contributed by atoms with Crippen LogP contribution >= 0.6 is 11.6 Å². The van der Waals surface area contributed by atoms with Crippen molar-refractivity contribution in [2.75, 3.05) is 38.5 Å². The Morgan fingerprint density at radius 1 is 0.886 bits per heavy atom. The van der Waals surface area contributed by atoms with Crippen molar-refractivity contribution >= 4 is 40.5 Å². The molecule has 5 nitrogen and oxygen atoms in total. The number of nitrogens with two attached hydrogens (primary N) is 1. The standard InChI is InChI=1S/C29H32ClN5/c1-35(19-5-17-31)20-6-18-32-29-26-15-14-25(30)21-27(26)33-28(34-29)16-11-22-9-12-24(13-10-22)23-7-3-2-4-8-23/h2-4,7-16,21H,5-6,17-20,31H2,1H3,(H,32,33,34). The number of halogens is 1. The summed E-state index contributed by atoms with van der Waals surface area (Å²) >= 11 is 6.25. The third kappa shape index (κ3) is 7.12. The molecular formula is C29H32ClN5. The summed E-state index contributed by atoms with van der Waals surface area (Å²) in [6.07, 6.45) is 6.02. The van der Waals surface area contributed by atoms with Gasteiger partial charge in [0.2, 0.25) is 0 Å². The first kappa shape index (κ1) is 24.9. The van der Waals surface area contributed by atoms with Crippen LogP contribution in [-0.2, 0) is 0 Å². The normalized spacial score (nSPS) is 11.5. The van der Waals surface area contributed by atoms with Crippen LogP contribution in [0.1, 0.15) is 24.2 Å². The van der Waals surface area contributed by atoms with E-state index in [4.69, 9.17) is 27.3 Å². The second-order valence-electron chi connectivity index (χ2n) is 8.64. The van der Waals surface area contributed by atoms with E-state index < -0.39 is 0 Å². The Morgan fingerprint density at radius 2 is 1.63 bits per heavy atom. The van der Waals surface area contributed by atoms with Crippen molar-refractivity contribution in [2.24, 2.45) is 5.73 Å². The van der Waals surface area contributed by atoms with E-state index in [2.05, 4.69) is 65.8 Å². The highest BCUT2D eigenvalue weighted by molar-refractivity contribution is 6.31. The van der Waals surface area contributed by atoms with Gasteiger partial charge in [-0.15, -0.1) is 0 Å². The summed E-state index contributed by atoms with van der Waals surface area (Å²) in [5.74, 6) is 1.48. The van der Waals surface area contributed by atoms with Gasteiger partial charge in [-0.25, -0.2) is 9.97 Å². The highest BCUT2D eigenvalue weighted by Gasteiger charge is 2.08. The second-order valence-corrected chi connectivity index (χ2v) is 9.08. The molecule has 1 aromatic heterocycles. The molecule has 0 saturated carbocycles. The summed E-state index contributed by atoms with van der Waals surface area (Å²) in [4.78, 5) is 11.8. The van der Waals surface area contributed by atoms with E-state index in [1.165, 1.54) is 11.1 Å². The molecule has 0 saturated heterocycles. The van der Waals surface area contributed by atoms with Crippen molar-refractivity contribution in [2.45, 2.75) is 12.8 Å². The third-order valence-corrected chi connectivity index (χ3v) is 6.11. The van der Waals surface area contributed by atoms with Gasteiger partial charge in [0, 0.05) is 17.0 Å². The molecule has 0 aliphatic carbocycles. The Morgan fingerprint density at radius 3 is 2.40 bits per heavy atom. The highest BCUT2D eigenvalue weighted by atomic mass is 35.5. The van der Waals surface area contributed by atoms with Gasteiger partial charge in [0.1, 0.15) is 5.82 Å². The van der Waals surface area contributed by atoms with Crippen LogP contribution in [0.2, 0.25) is 5.02 Å². The molecule has 0 fully saturated rings. The van der Waals surface area contributed by atoms with Crippen LogP contribution < -0.4 is 11.1 Å². The smallest absolute Gasteiger partial charge is 0.154 e. The van der Waals surface area contributed by atoms with E-state index in [0.29, 0.717) is 10.8 Å². The first-order valence-electron chi connectivity index (χ1n) is 12.1. The Kier molecular flexibility index (Phi) is 8.85. The number of nitrogens with one attached hydrogen (secondary N) is 1. The summed E-state index contributed by atoms with van der Waals surface area (Å²) < 4.78 is 0. The summed E-state index contributed by atoms with van der Waals surface area (Å²) in [7, 11) is 2.13. The molecular weight excluding hydrogens is 454 g/mol. The first-order valence-corrected chi connectivity index (χ1v) is 12.4. The zero-order valence-corrected chi connectivity index (χ0v) is 20.9. The molecule has 3 N–H and O–H groups in total. The van der Waals surface area contributed by atoms with Gasteiger partial charge in [-0.3, -0.25) is 0 Å². The lowest BCUT2D eigenvalue weighted by Crippen LogP contribution is -2.24. The van der Waals surface area contributed by atoms with Crippen LogP contribution in [-0.4, -0.2) is 48.1 Å². The Bertz CT molecular complexity index is 1260. The maximum absolute atomic E-state index is 6.25. The predicted octanol–water partition coefficient (Wildman–Crippen LogP) is 6.20. The molecule has 0 unspecified atom stereocenters. The number of hydrogen-bond donors (Lipinski definition) is 2. The Balaban J connectivity index is 1.48. The Labute approximate surface area is 212 Å². The quantitative estimate of drug-likeness (QED) is 0.247. The van der Waals surface area contributed by atoms with Crippen LogP contribution in [0, 0.1) is 0 Å². The van der Waals surface area contributed by atoms with E-state index >= 15 is 0 Å². The zero-order chi connectivity index (χ0) is 24.5. The van der Waals surface area contributed by atoms with Crippen LogP contribution in [0.5, 0.6) is 0 Å². The van der Waals surface area contributed by atoms with E-state index in [1.54, 1.807) is 0 Å². The van der Waals surface area contributed by atoms with Crippen LogP contribution in [0.25, 0.3) is 34.2 Å². The highest BCUT2D eigenvalue weighted by Crippen LogP contribution is 2.25. The molecule has 3 aromatic carbocycles. The van der Waals surface area contributed by atoms with E-state index in [9.17, 15) is 0 Å². The van der Waals surface area contributed by atoms with Crippen molar-refractivity contribution in [3.05, 3.63) is 89.2 Å². The lowest BCUT2D eigenvalue weighted by Gasteiger charge is -2.16. The SMILES string of the molecule is CN(CCCN)CCCNc1nc(C=Cc2ccc(-c3ccccc3)cc2)nc2cc(Cl)ccc12. The number of benzene rings is 3. The van der Waals surface area contributed by atoms with Gasteiger partial charge in [-0.2, -0.15) is 0 Å². The second kappa shape index (κ2) is 12.5. The molecule has 0 atom stereocenters. The molecule has 6 heteroatoms. The van der Waals surface area contributed by atoms with Gasteiger partial charge in [0.05, 0.1) is 5.52 Å². The zero-order valence-electron chi connectivity index (χ0n) is 20.1. The van der Waals surface area contributed by atoms with Gasteiger partial charge in [-0.05, 0) is 80.5 Å². The van der Waals surface area contributed by atoms with Crippen molar-refractivity contribution < 1.29 is 0 Å². The number of hydrogen-bond acceptors (Lipinski definition) is 5. The van der Waals surface area contributed by atoms with Gasteiger partial charge in [0.25, 0.3) is 0 Å². The molecule has 180 valence electrons. The third-order valence-electron chi connectivity index (χ3n) is 5.87. The van der Waals surface area contributed by atoms with E-state index in [0.717, 1.165) is 61.3 Å². The van der Waals surface area contributed by atoms with E-state index in [-0.39, 0.29) is 0 Å². The maximum atomic E-state index is 6.25. The average molecular weight is 486 g/mol. The fraction of sp³-hybridized carbons (Fsp3) is 0.241. The summed E-state index contributed by atoms with van der Waals surface area (Å²) in [6.45, 7) is 3.58. The Hall–Kier alpha value is -3.25. The molecule has 4 rings (SSSR count). The van der Waals surface area contributed by atoms with Gasteiger partial charge < -0.3 is 16.0 Å². The number of rotatable bonds is 11. The lowest BCUT2D eigenvalue weighted by atomic mass is 10.0. The molecule has 0 aliphatic rings. The maximum Gasteiger partial charge on any atom is 0.154 e. The van der Waals surface area contributed by atoms with Gasteiger partial charge in [-0.1, -0.05) is 72.3 Å². The van der Waals surface area contributed by atoms with Crippen molar-refractivity contribution in [1.29, 1.82) is 0 Å². The molecule has 1 heterocycles. The minimum Gasteiger partial charge on any atom is -0.369 e. The van der Waals surface area contributed by atoms with Crippen molar-refractivity contribution in [3.8, 4) is 11.1 Å². The molecule has 0 radical (unpaired) electrons. The number of fused-ring (bicyclic) bond motifs is 1. The van der Waals surface area contributed by atoms with Gasteiger partial charge >= 0.3 is 0 Å². The molecule has 0 bridgehead atoms. The molecule has 0 spiro atoms. The average Bonchev–Trinajstić information content (AvgIpc) is 2.89. The molecule has 4 aromatic rings.